The molecule has 1 aromatic carbocycles. The van der Waals surface area contributed by atoms with E-state index in [-0.39, 0.29) is 0 Å². The molecule has 1 aromatic rings. The van der Waals surface area contributed by atoms with Crippen LogP contribution in [0.1, 0.15) is 69.8 Å². The van der Waals surface area contributed by atoms with Gasteiger partial charge in [-0.2, -0.15) is 0 Å². The fourth-order valence-corrected chi connectivity index (χ4v) is 15.9. The van der Waals surface area contributed by atoms with Crippen LogP contribution < -0.4 is 0 Å². The summed E-state index contributed by atoms with van der Waals surface area (Å²) in [5.41, 5.74) is 14.4. The van der Waals surface area contributed by atoms with Gasteiger partial charge < -0.3 is 0 Å². The van der Waals surface area contributed by atoms with Gasteiger partial charge in [-0.1, -0.05) is 0 Å². The Kier molecular flexibility index (Phi) is 7.36. The topological polar surface area (TPSA) is 0 Å². The number of hydrogen-bond donors (Lipinski definition) is 0. The summed E-state index contributed by atoms with van der Waals surface area (Å²) in [6.07, 6.45) is 17.6. The number of rotatable bonds is 3. The first-order valence-corrected chi connectivity index (χ1v) is 26.9. The van der Waals surface area contributed by atoms with Gasteiger partial charge in [-0.3, -0.25) is 0 Å². The van der Waals surface area contributed by atoms with E-state index in [1.807, 2.05) is 0 Å². The van der Waals surface area contributed by atoms with Gasteiger partial charge in [0, 0.05) is 0 Å². The average molecular weight is 697 g/mol. The summed E-state index contributed by atoms with van der Waals surface area (Å²) < 4.78 is 1.35. The summed E-state index contributed by atoms with van der Waals surface area (Å²) in [5, 5.41) is 1.60. The molecule has 0 amide bonds. The fourth-order valence-electron chi connectivity index (χ4n) is 7.61. The van der Waals surface area contributed by atoms with Crippen molar-refractivity contribution in [1.29, 1.82) is 0 Å². The van der Waals surface area contributed by atoms with E-state index in [1.54, 1.807) is 38.6 Å². The van der Waals surface area contributed by atoms with Crippen LogP contribution in [0, 0.1) is 5.92 Å². The first kappa shape index (κ1) is 25.5. The summed E-state index contributed by atoms with van der Waals surface area (Å²) >= 11 is -2.90. The van der Waals surface area contributed by atoms with Crippen molar-refractivity contribution >= 4 is 30.7 Å². The number of halogens is 2. The summed E-state index contributed by atoms with van der Waals surface area (Å²) in [7, 11) is 13.3. The molecule has 0 radical (unpaired) electrons. The Morgan fingerprint density at radius 3 is 2.00 bits per heavy atom. The van der Waals surface area contributed by atoms with Gasteiger partial charge in [0.05, 0.1) is 0 Å². The zero-order chi connectivity index (χ0) is 25.0. The third kappa shape index (κ3) is 4.14. The summed E-state index contributed by atoms with van der Waals surface area (Å²) in [6.45, 7) is 7.26. The van der Waals surface area contributed by atoms with Crippen molar-refractivity contribution in [2.45, 2.75) is 77.3 Å². The molecule has 5 aliphatic carbocycles. The van der Waals surface area contributed by atoms with Crippen LogP contribution in [0.25, 0.3) is 0 Å². The monoisotopic (exact) mass is 697 g/mol. The van der Waals surface area contributed by atoms with Gasteiger partial charge in [0.1, 0.15) is 0 Å². The summed E-state index contributed by atoms with van der Waals surface area (Å²) in [6, 6.07) is 11.3. The second-order valence-electron chi connectivity index (χ2n) is 11.2. The maximum absolute atomic E-state index is 7.00. The molecular weight excluding hydrogens is 662 g/mol. The molecule has 185 valence electrons. The average Bonchev–Trinajstić information content (AvgIpc) is 3.26. The minimum atomic E-state index is -2.90. The van der Waals surface area contributed by atoms with E-state index in [9.17, 15) is 0 Å². The number of allylic oxidation sites excluding steroid dienone is 12. The Morgan fingerprint density at radius 1 is 0.806 bits per heavy atom. The molecule has 0 saturated carbocycles. The van der Waals surface area contributed by atoms with Crippen molar-refractivity contribution < 1.29 is 19.1 Å². The van der Waals surface area contributed by atoms with E-state index in [0.717, 1.165) is 0 Å². The normalized spacial score (nSPS) is 24.2. The van der Waals surface area contributed by atoms with Crippen molar-refractivity contribution in [3.63, 3.8) is 0 Å². The van der Waals surface area contributed by atoms with Gasteiger partial charge in [0.25, 0.3) is 0 Å². The molecule has 0 fully saturated rings. The van der Waals surface area contributed by atoms with E-state index in [1.165, 1.54) is 71.4 Å². The Bertz CT molecular complexity index is 1300. The Balaban J connectivity index is 1.67. The van der Waals surface area contributed by atoms with Gasteiger partial charge in [0.15, 0.2) is 0 Å². The Hall–Kier alpha value is -0.803. The molecule has 0 bridgehead atoms. The zero-order valence-corrected chi connectivity index (χ0v) is 27.8. The quantitative estimate of drug-likeness (QED) is 0.276. The second kappa shape index (κ2) is 10.4. The third-order valence-corrected chi connectivity index (χ3v) is 17.4. The van der Waals surface area contributed by atoms with E-state index in [4.69, 9.17) is 17.2 Å². The SMILES string of the molecule is CC1=[C]([Hf]([Cl])[Cl])C2=CC=CC(=[Si](C)C)C(c3ccccc3)C2=C1C1C2=C(CCCC2)C2=C1CCCC2. The van der Waals surface area contributed by atoms with Crippen molar-refractivity contribution in [3.8, 4) is 0 Å². The van der Waals surface area contributed by atoms with Crippen LogP contribution in [0.3, 0.4) is 0 Å². The fraction of sp³-hybridized carbons (Fsp3) is 0.406. The maximum atomic E-state index is 7.00. The molecule has 1 atom stereocenters. The molecule has 0 aliphatic heterocycles. The summed E-state index contributed by atoms with van der Waals surface area (Å²) in [5.74, 6) is 0.752. The molecular formula is C32H35Cl2HfSi. The van der Waals surface area contributed by atoms with Gasteiger partial charge >= 0.3 is 235 Å². The van der Waals surface area contributed by atoms with Crippen molar-refractivity contribution in [2.24, 2.45) is 5.92 Å². The van der Waals surface area contributed by atoms with Crippen LogP contribution in [0.15, 0.2) is 96.5 Å². The van der Waals surface area contributed by atoms with E-state index >= 15 is 0 Å². The first-order valence-electron chi connectivity index (χ1n) is 13.7. The van der Waals surface area contributed by atoms with Crippen LogP contribution in [-0.4, -0.2) is 13.6 Å². The van der Waals surface area contributed by atoms with E-state index in [0.29, 0.717) is 11.8 Å². The predicted octanol–water partition coefficient (Wildman–Crippen LogP) is 9.66. The van der Waals surface area contributed by atoms with Crippen molar-refractivity contribution in [1.82, 2.24) is 0 Å². The number of benzene rings is 1. The van der Waals surface area contributed by atoms with Gasteiger partial charge in [-0.15, -0.1) is 0 Å². The summed E-state index contributed by atoms with van der Waals surface area (Å²) in [4.78, 5) is 0. The molecule has 5 aliphatic rings. The Labute approximate surface area is 233 Å². The van der Waals surface area contributed by atoms with Crippen molar-refractivity contribution in [2.75, 3.05) is 0 Å². The van der Waals surface area contributed by atoms with Gasteiger partial charge in [0.2, 0.25) is 0 Å². The van der Waals surface area contributed by atoms with Gasteiger partial charge in [-0.05, 0) is 0 Å². The molecule has 0 saturated heterocycles. The molecule has 0 N–H and O–H groups in total. The molecule has 4 heteroatoms. The van der Waals surface area contributed by atoms with Crippen molar-refractivity contribution in [3.05, 3.63) is 102 Å². The van der Waals surface area contributed by atoms with Crippen LogP contribution >= 0.6 is 17.2 Å². The predicted molar refractivity (Wildman–Crippen MR) is 155 cm³/mol. The second-order valence-corrected chi connectivity index (χ2v) is 25.2. The molecule has 0 nitrogen and oxygen atoms in total. The number of hydrogen-bond acceptors (Lipinski definition) is 0. The van der Waals surface area contributed by atoms with Crippen LogP contribution in [0.2, 0.25) is 13.1 Å². The van der Waals surface area contributed by atoms with Crippen LogP contribution in [0.4, 0.5) is 0 Å². The first-order chi connectivity index (χ1) is 17.5. The molecule has 6 rings (SSSR count). The number of fused-ring (bicyclic) bond motifs is 2. The zero-order valence-electron chi connectivity index (χ0n) is 21.7. The van der Waals surface area contributed by atoms with Crippen LogP contribution in [0.5, 0.6) is 0 Å². The van der Waals surface area contributed by atoms with Crippen LogP contribution in [-0.2, 0) is 19.1 Å². The molecule has 0 aromatic heterocycles. The standard InChI is InChI=1S/C32H35Si.2ClH.Hf/c1-21-20-23-14-11-19-28(33(2)3)30(22-12-5-4-6-13-22)31(23)29(21)32-26-17-9-7-15-24(26)25-16-8-10-18-27(25)32;;;/h4-6,11-14,19,30,32H,7-10,15-18H2,1-3H3;2*1H;/q;;;+2/p-2. The molecule has 0 spiro atoms. The van der Waals surface area contributed by atoms with E-state index < -0.39 is 27.5 Å². The minimum absolute atomic E-state index is 0.294. The van der Waals surface area contributed by atoms with Gasteiger partial charge in [-0.25, -0.2) is 0 Å². The molecule has 36 heavy (non-hydrogen) atoms. The Morgan fingerprint density at radius 2 is 1.42 bits per heavy atom. The molecule has 0 heterocycles. The third-order valence-electron chi connectivity index (χ3n) is 9.04. The molecule has 1 unspecified atom stereocenters. The van der Waals surface area contributed by atoms with E-state index in [2.05, 4.69) is 68.6 Å².